The van der Waals surface area contributed by atoms with Gasteiger partial charge in [-0.15, -0.1) is 0 Å². The highest BCUT2D eigenvalue weighted by Crippen LogP contribution is 2.40. The Morgan fingerprint density at radius 1 is 0.805 bits per heavy atom. The van der Waals surface area contributed by atoms with Crippen molar-refractivity contribution in [3.05, 3.63) is 46.8 Å². The van der Waals surface area contributed by atoms with Gasteiger partial charge in [0.25, 0.3) is 0 Å². The fourth-order valence-electron chi connectivity index (χ4n) is 4.65. The third kappa shape index (κ3) is 5.67. The summed E-state index contributed by atoms with van der Waals surface area (Å²) in [6.07, 6.45) is -14.3. The third-order valence-electron chi connectivity index (χ3n) is 6.87. The summed E-state index contributed by atoms with van der Waals surface area (Å²) in [4.78, 5) is 12.3. The molecule has 3 aromatic rings. The summed E-state index contributed by atoms with van der Waals surface area (Å²) in [6.45, 7) is -0.866. The molecule has 1 aromatic heterocycles. The number of aromatic hydroxyl groups is 3. The monoisotopic (exact) mass is 580 g/mol. The molecule has 0 unspecified atom stereocenters. The van der Waals surface area contributed by atoms with Gasteiger partial charge in [-0.25, -0.2) is 4.79 Å². The van der Waals surface area contributed by atoms with Gasteiger partial charge >= 0.3 is 5.63 Å². The first kappa shape index (κ1) is 29.0. The molecular weight excluding hydrogens is 552 g/mol. The van der Waals surface area contributed by atoms with Gasteiger partial charge in [0, 0.05) is 23.8 Å². The maximum absolute atomic E-state index is 12.3. The summed E-state index contributed by atoms with van der Waals surface area (Å²) in [5.74, 6) is -1.49. The van der Waals surface area contributed by atoms with Crippen molar-refractivity contribution >= 4 is 11.0 Å². The SMILES string of the molecule is O=c1cc(-c2ccc(O)c(O)c2)c2c(O[C@@H]3O[C@@H](CO[C@@H]4OC[C@@H](O)[C@@H](O)[C@H]4O)[C@@H](O)[C@@H](O)[C@H]3O)cc(O)cc2o1. The number of aliphatic hydroxyl groups is 6. The van der Waals surface area contributed by atoms with E-state index in [9.17, 15) is 50.8 Å². The number of ether oxygens (including phenoxy) is 4. The van der Waals surface area contributed by atoms with Crippen LogP contribution >= 0.6 is 0 Å². The van der Waals surface area contributed by atoms with Crippen LogP contribution in [0.1, 0.15) is 0 Å². The number of phenols is 3. The fraction of sp³-hybridized carbons (Fsp3) is 0.423. The molecular formula is C26H28O15. The summed E-state index contributed by atoms with van der Waals surface area (Å²) in [5, 5.41) is 91.2. The van der Waals surface area contributed by atoms with Crippen molar-refractivity contribution in [1.29, 1.82) is 0 Å². The van der Waals surface area contributed by atoms with Crippen molar-refractivity contribution in [3.63, 3.8) is 0 Å². The number of rotatable bonds is 6. The zero-order valence-electron chi connectivity index (χ0n) is 21.0. The van der Waals surface area contributed by atoms with Crippen LogP contribution in [0, 0.1) is 0 Å². The van der Waals surface area contributed by atoms with Crippen LogP contribution in [0.4, 0.5) is 0 Å². The van der Waals surface area contributed by atoms with E-state index in [-0.39, 0.29) is 34.5 Å². The average Bonchev–Trinajstić information content (AvgIpc) is 2.93. The van der Waals surface area contributed by atoms with Crippen LogP contribution in [0.5, 0.6) is 23.0 Å². The van der Waals surface area contributed by atoms with E-state index in [1.165, 1.54) is 18.2 Å². The van der Waals surface area contributed by atoms with Crippen LogP contribution in [-0.4, -0.2) is 114 Å². The predicted molar refractivity (Wildman–Crippen MR) is 134 cm³/mol. The topological polar surface area (TPSA) is 249 Å². The van der Waals surface area contributed by atoms with Gasteiger partial charge in [-0.3, -0.25) is 0 Å². The standard InChI is InChI=1S/C26H28O15/c27-10-4-15-19(11(6-18(31)39-15)9-1-2-12(28)13(29)3-9)16(5-10)40-26-24(36)22(34)21(33)17(41-26)8-38-25-23(35)20(32)14(30)7-37-25/h1-6,14,17,20-30,32-36H,7-8H2/t14-,17+,20-,21-,22-,23-,24-,25+,26-/m1/s1. The highest BCUT2D eigenvalue weighted by atomic mass is 16.7. The van der Waals surface area contributed by atoms with Crippen molar-refractivity contribution in [3.8, 4) is 34.1 Å². The molecule has 0 aliphatic carbocycles. The van der Waals surface area contributed by atoms with Crippen molar-refractivity contribution in [2.24, 2.45) is 0 Å². The van der Waals surface area contributed by atoms with Crippen LogP contribution in [0.3, 0.4) is 0 Å². The molecule has 2 saturated heterocycles. The first-order chi connectivity index (χ1) is 19.4. The minimum atomic E-state index is -1.83. The van der Waals surface area contributed by atoms with E-state index < -0.39 is 84.8 Å². The maximum Gasteiger partial charge on any atom is 0.336 e. The zero-order chi connectivity index (χ0) is 29.6. The van der Waals surface area contributed by atoms with Crippen LogP contribution in [0.25, 0.3) is 22.1 Å². The maximum atomic E-state index is 12.3. The highest BCUT2D eigenvalue weighted by Gasteiger charge is 2.46. The summed E-state index contributed by atoms with van der Waals surface area (Å²) < 4.78 is 27.2. The number of fused-ring (bicyclic) bond motifs is 1. The predicted octanol–water partition coefficient (Wildman–Crippen LogP) is -1.78. The van der Waals surface area contributed by atoms with Gasteiger partial charge in [-0.05, 0) is 17.7 Å². The molecule has 3 heterocycles. The number of benzene rings is 2. The molecule has 0 radical (unpaired) electrons. The van der Waals surface area contributed by atoms with Crippen LogP contribution in [0.15, 0.2) is 45.6 Å². The Hall–Kier alpha value is -3.51. The third-order valence-corrected chi connectivity index (χ3v) is 6.87. The van der Waals surface area contributed by atoms with Crippen LogP contribution in [0.2, 0.25) is 0 Å². The molecule has 15 nitrogen and oxygen atoms in total. The van der Waals surface area contributed by atoms with Crippen molar-refractivity contribution in [2.45, 2.75) is 55.3 Å². The molecule has 41 heavy (non-hydrogen) atoms. The smallest absolute Gasteiger partial charge is 0.336 e. The van der Waals surface area contributed by atoms with E-state index in [1.54, 1.807) is 0 Å². The minimum Gasteiger partial charge on any atom is -0.508 e. The van der Waals surface area contributed by atoms with E-state index >= 15 is 0 Å². The number of aliphatic hydroxyl groups excluding tert-OH is 6. The minimum absolute atomic E-state index is 0.0861. The second-order valence-corrected chi connectivity index (χ2v) is 9.72. The normalized spacial score (nSPS) is 32.2. The molecule has 0 spiro atoms. The number of hydrogen-bond donors (Lipinski definition) is 9. The largest absolute Gasteiger partial charge is 0.508 e. The van der Waals surface area contributed by atoms with E-state index in [2.05, 4.69) is 0 Å². The summed E-state index contributed by atoms with van der Waals surface area (Å²) in [6, 6.07) is 7.08. The average molecular weight is 580 g/mol. The summed E-state index contributed by atoms with van der Waals surface area (Å²) in [7, 11) is 0. The highest BCUT2D eigenvalue weighted by molar-refractivity contribution is 5.98. The van der Waals surface area contributed by atoms with Crippen LogP contribution < -0.4 is 10.4 Å². The van der Waals surface area contributed by atoms with Gasteiger partial charge < -0.3 is 69.3 Å². The van der Waals surface area contributed by atoms with Crippen molar-refractivity contribution in [1.82, 2.24) is 0 Å². The summed E-state index contributed by atoms with van der Waals surface area (Å²) in [5.41, 5.74) is -0.563. The lowest BCUT2D eigenvalue weighted by molar-refractivity contribution is -0.307. The zero-order valence-corrected chi connectivity index (χ0v) is 21.0. The Bertz CT molecular complexity index is 1460. The van der Waals surface area contributed by atoms with Crippen molar-refractivity contribution < 1.29 is 69.3 Å². The second kappa shape index (κ2) is 11.4. The van der Waals surface area contributed by atoms with Gasteiger partial charge in [0.15, 0.2) is 17.8 Å². The summed E-state index contributed by atoms with van der Waals surface area (Å²) >= 11 is 0. The molecule has 9 N–H and O–H groups in total. The van der Waals surface area contributed by atoms with E-state index in [4.69, 9.17) is 23.4 Å². The molecule has 2 aromatic carbocycles. The van der Waals surface area contributed by atoms with Gasteiger partial charge in [-0.2, -0.15) is 0 Å². The van der Waals surface area contributed by atoms with Gasteiger partial charge in [0.1, 0.15) is 59.8 Å². The second-order valence-electron chi connectivity index (χ2n) is 9.72. The molecule has 9 atom stereocenters. The Labute approximate surface area is 230 Å². The lowest BCUT2D eigenvalue weighted by Gasteiger charge is -2.41. The molecule has 5 rings (SSSR count). The first-order valence-corrected chi connectivity index (χ1v) is 12.4. The molecule has 222 valence electrons. The Morgan fingerprint density at radius 2 is 1.54 bits per heavy atom. The van der Waals surface area contributed by atoms with E-state index in [1.807, 2.05) is 0 Å². The Kier molecular flexibility index (Phi) is 8.06. The van der Waals surface area contributed by atoms with Gasteiger partial charge in [0.05, 0.1) is 18.6 Å². The molecule has 0 amide bonds. The Balaban J connectivity index is 1.45. The molecule has 15 heteroatoms. The molecule has 0 bridgehead atoms. The van der Waals surface area contributed by atoms with Crippen LogP contribution in [-0.2, 0) is 14.2 Å². The fourth-order valence-corrected chi connectivity index (χ4v) is 4.65. The lowest BCUT2D eigenvalue weighted by atomic mass is 9.98. The number of phenolic OH excluding ortho intramolecular Hbond substituents is 3. The first-order valence-electron chi connectivity index (χ1n) is 12.4. The molecule has 2 aliphatic rings. The van der Waals surface area contributed by atoms with E-state index in [0.29, 0.717) is 0 Å². The lowest BCUT2D eigenvalue weighted by Crippen LogP contribution is -2.61. The number of hydrogen-bond acceptors (Lipinski definition) is 15. The van der Waals surface area contributed by atoms with Gasteiger partial charge in [0.2, 0.25) is 6.29 Å². The molecule has 0 saturated carbocycles. The Morgan fingerprint density at radius 3 is 2.27 bits per heavy atom. The van der Waals surface area contributed by atoms with E-state index in [0.717, 1.165) is 18.2 Å². The van der Waals surface area contributed by atoms with Crippen molar-refractivity contribution in [2.75, 3.05) is 13.2 Å². The quantitative estimate of drug-likeness (QED) is 0.115. The molecule has 2 aliphatic heterocycles. The van der Waals surface area contributed by atoms with Gasteiger partial charge in [-0.1, -0.05) is 6.07 Å². The molecule has 2 fully saturated rings.